The second kappa shape index (κ2) is 3.83. The van der Waals surface area contributed by atoms with Crippen molar-refractivity contribution in [3.05, 3.63) is 42.4 Å². The molecule has 0 atom stereocenters. The van der Waals surface area contributed by atoms with E-state index in [1.165, 1.54) is 12.5 Å². The number of primary amides is 1. The van der Waals surface area contributed by atoms with E-state index in [0.717, 1.165) is 0 Å². The number of H-pyrrole nitrogens is 1. The Morgan fingerprint density at radius 3 is 2.87 bits per heavy atom. The summed E-state index contributed by atoms with van der Waals surface area (Å²) in [5.74, 6) is 0.350. The highest BCUT2D eigenvalue weighted by Crippen LogP contribution is 2.22. The Morgan fingerprint density at radius 2 is 2.20 bits per heavy atom. The van der Waals surface area contributed by atoms with Crippen LogP contribution in [0, 0.1) is 0 Å². The standard InChI is InChI=1S/C10H9N3O2/c11-10(14)7-3-1-2-4-8(7)15-9-5-12-6-13-9/h1-6H,(H2,11,14)(H,12,13). The summed E-state index contributed by atoms with van der Waals surface area (Å²) in [6.45, 7) is 0. The average molecular weight is 203 g/mol. The number of imidazole rings is 1. The fourth-order valence-electron chi connectivity index (χ4n) is 1.18. The number of rotatable bonds is 3. The summed E-state index contributed by atoms with van der Waals surface area (Å²) >= 11 is 0. The number of para-hydroxylation sites is 1. The van der Waals surface area contributed by atoms with Crippen LogP contribution in [0.3, 0.4) is 0 Å². The zero-order chi connectivity index (χ0) is 10.7. The van der Waals surface area contributed by atoms with Gasteiger partial charge in [0.15, 0.2) is 0 Å². The van der Waals surface area contributed by atoms with Gasteiger partial charge in [-0.15, -0.1) is 0 Å². The number of carbonyl (C=O) groups is 1. The van der Waals surface area contributed by atoms with E-state index in [-0.39, 0.29) is 0 Å². The third-order valence-corrected chi connectivity index (χ3v) is 1.85. The Bertz CT molecular complexity index is 465. The van der Waals surface area contributed by atoms with Crippen molar-refractivity contribution in [1.82, 2.24) is 9.97 Å². The molecule has 0 bridgehead atoms. The van der Waals surface area contributed by atoms with Gasteiger partial charge in [-0.2, -0.15) is 0 Å². The van der Waals surface area contributed by atoms with Crippen LogP contribution in [0.25, 0.3) is 0 Å². The Morgan fingerprint density at radius 1 is 1.40 bits per heavy atom. The molecule has 0 spiro atoms. The Balaban J connectivity index is 2.32. The van der Waals surface area contributed by atoms with Crippen molar-refractivity contribution in [2.75, 3.05) is 0 Å². The minimum absolute atomic E-state index is 0.340. The predicted molar refractivity (Wildman–Crippen MR) is 53.6 cm³/mol. The third kappa shape index (κ3) is 1.96. The van der Waals surface area contributed by atoms with Crippen LogP contribution in [0.15, 0.2) is 36.8 Å². The molecule has 2 rings (SSSR count). The van der Waals surface area contributed by atoms with E-state index in [1.807, 2.05) is 0 Å². The van der Waals surface area contributed by atoms with Gasteiger partial charge in [0.2, 0.25) is 5.88 Å². The largest absolute Gasteiger partial charge is 0.439 e. The normalized spacial score (nSPS) is 9.87. The molecule has 0 radical (unpaired) electrons. The van der Waals surface area contributed by atoms with E-state index in [4.69, 9.17) is 10.5 Å². The first-order valence-corrected chi connectivity index (χ1v) is 4.32. The zero-order valence-corrected chi connectivity index (χ0v) is 7.81. The molecule has 0 fully saturated rings. The Labute approximate surface area is 85.9 Å². The molecular weight excluding hydrogens is 194 g/mol. The molecule has 1 heterocycles. The molecular formula is C10H9N3O2. The summed E-state index contributed by atoms with van der Waals surface area (Å²) in [7, 11) is 0. The molecule has 3 N–H and O–H groups in total. The van der Waals surface area contributed by atoms with Crippen LogP contribution < -0.4 is 10.5 Å². The number of aromatic nitrogens is 2. The summed E-state index contributed by atoms with van der Waals surface area (Å²) in [6, 6.07) is 6.76. The molecule has 5 heteroatoms. The Kier molecular flexibility index (Phi) is 2.37. The molecule has 0 unspecified atom stereocenters. The summed E-state index contributed by atoms with van der Waals surface area (Å²) in [4.78, 5) is 17.6. The molecule has 2 aromatic rings. The zero-order valence-electron chi connectivity index (χ0n) is 7.81. The van der Waals surface area contributed by atoms with E-state index < -0.39 is 5.91 Å². The van der Waals surface area contributed by atoms with Gasteiger partial charge < -0.3 is 15.5 Å². The number of carbonyl (C=O) groups excluding carboxylic acids is 1. The van der Waals surface area contributed by atoms with Crippen molar-refractivity contribution in [3.8, 4) is 11.6 Å². The van der Waals surface area contributed by atoms with E-state index in [9.17, 15) is 4.79 Å². The topological polar surface area (TPSA) is 81.0 Å². The van der Waals surface area contributed by atoms with Gasteiger partial charge in [-0.05, 0) is 12.1 Å². The lowest BCUT2D eigenvalue weighted by Crippen LogP contribution is -2.11. The van der Waals surface area contributed by atoms with Gasteiger partial charge >= 0.3 is 0 Å². The molecule has 0 aliphatic carbocycles. The molecule has 0 aliphatic rings. The molecule has 1 aromatic heterocycles. The fraction of sp³-hybridized carbons (Fsp3) is 0. The number of benzene rings is 1. The first-order chi connectivity index (χ1) is 7.27. The van der Waals surface area contributed by atoms with Gasteiger partial charge in [0.1, 0.15) is 5.75 Å². The van der Waals surface area contributed by atoms with Gasteiger partial charge in [-0.1, -0.05) is 12.1 Å². The number of nitrogens with two attached hydrogens (primary N) is 1. The molecule has 1 aromatic carbocycles. The van der Waals surface area contributed by atoms with E-state index in [1.54, 1.807) is 24.3 Å². The highest BCUT2D eigenvalue weighted by Gasteiger charge is 2.09. The number of ether oxygens (including phenoxy) is 1. The predicted octanol–water partition coefficient (Wildman–Crippen LogP) is 1.30. The van der Waals surface area contributed by atoms with Crippen LogP contribution in [0.2, 0.25) is 0 Å². The van der Waals surface area contributed by atoms with E-state index >= 15 is 0 Å². The summed E-state index contributed by atoms with van der Waals surface area (Å²) < 4.78 is 5.39. The second-order valence-corrected chi connectivity index (χ2v) is 2.88. The number of nitrogens with one attached hydrogen (secondary N) is 1. The maximum absolute atomic E-state index is 11.1. The lowest BCUT2D eigenvalue weighted by molar-refractivity contribution is 0.0998. The lowest BCUT2D eigenvalue weighted by atomic mass is 10.2. The molecule has 0 saturated carbocycles. The van der Waals surface area contributed by atoms with Gasteiger partial charge in [-0.3, -0.25) is 4.79 Å². The minimum Gasteiger partial charge on any atom is -0.439 e. The number of aromatic amines is 1. The second-order valence-electron chi connectivity index (χ2n) is 2.88. The molecule has 0 aliphatic heterocycles. The molecule has 15 heavy (non-hydrogen) atoms. The van der Waals surface area contributed by atoms with Crippen molar-refractivity contribution >= 4 is 5.91 Å². The van der Waals surface area contributed by atoms with Crippen LogP contribution >= 0.6 is 0 Å². The van der Waals surface area contributed by atoms with Crippen LogP contribution in [-0.4, -0.2) is 15.9 Å². The highest BCUT2D eigenvalue weighted by atomic mass is 16.5. The summed E-state index contributed by atoms with van der Waals surface area (Å²) in [5.41, 5.74) is 5.54. The van der Waals surface area contributed by atoms with Crippen molar-refractivity contribution in [1.29, 1.82) is 0 Å². The van der Waals surface area contributed by atoms with Gasteiger partial charge in [-0.25, -0.2) is 4.98 Å². The molecule has 0 saturated heterocycles. The summed E-state index contributed by atoms with van der Waals surface area (Å²) in [6.07, 6.45) is 3.00. The monoisotopic (exact) mass is 203 g/mol. The van der Waals surface area contributed by atoms with Crippen LogP contribution in [-0.2, 0) is 0 Å². The number of hydrogen-bond acceptors (Lipinski definition) is 3. The average Bonchev–Trinajstić information content (AvgIpc) is 2.71. The SMILES string of the molecule is NC(=O)c1ccccc1Oc1cnc[nH]1. The van der Waals surface area contributed by atoms with Gasteiger partial charge in [0.05, 0.1) is 18.1 Å². The first kappa shape index (κ1) is 9.26. The summed E-state index contributed by atoms with van der Waals surface area (Å²) in [5, 5.41) is 0. The molecule has 1 amide bonds. The highest BCUT2D eigenvalue weighted by molar-refractivity contribution is 5.95. The van der Waals surface area contributed by atoms with Crippen LogP contribution in [0.5, 0.6) is 11.6 Å². The fourth-order valence-corrected chi connectivity index (χ4v) is 1.18. The van der Waals surface area contributed by atoms with E-state index in [0.29, 0.717) is 17.2 Å². The third-order valence-electron chi connectivity index (χ3n) is 1.85. The maximum atomic E-state index is 11.1. The Hall–Kier alpha value is -2.30. The minimum atomic E-state index is -0.523. The van der Waals surface area contributed by atoms with Gasteiger partial charge in [0, 0.05) is 0 Å². The first-order valence-electron chi connectivity index (χ1n) is 4.32. The molecule has 76 valence electrons. The van der Waals surface area contributed by atoms with Crippen molar-refractivity contribution in [2.45, 2.75) is 0 Å². The van der Waals surface area contributed by atoms with Crippen LogP contribution in [0.1, 0.15) is 10.4 Å². The number of nitrogens with zero attached hydrogens (tertiary/aromatic N) is 1. The van der Waals surface area contributed by atoms with Crippen molar-refractivity contribution in [2.24, 2.45) is 5.73 Å². The van der Waals surface area contributed by atoms with Crippen molar-refractivity contribution < 1.29 is 9.53 Å². The van der Waals surface area contributed by atoms with Crippen molar-refractivity contribution in [3.63, 3.8) is 0 Å². The van der Waals surface area contributed by atoms with E-state index in [2.05, 4.69) is 9.97 Å². The number of hydrogen-bond donors (Lipinski definition) is 2. The molecule has 5 nitrogen and oxygen atoms in total. The van der Waals surface area contributed by atoms with Crippen LogP contribution in [0.4, 0.5) is 0 Å². The van der Waals surface area contributed by atoms with Gasteiger partial charge in [0.25, 0.3) is 5.91 Å². The quantitative estimate of drug-likeness (QED) is 0.788. The number of amides is 1. The lowest BCUT2D eigenvalue weighted by Gasteiger charge is -2.05. The maximum Gasteiger partial charge on any atom is 0.252 e. The smallest absolute Gasteiger partial charge is 0.252 e.